The molecule has 4 heteroatoms. The van der Waals surface area contributed by atoms with Gasteiger partial charge in [-0.15, -0.1) is 0 Å². The molecule has 0 bridgehead atoms. The van der Waals surface area contributed by atoms with Crippen LogP contribution >= 0.6 is 0 Å². The number of hydrogen-bond donors (Lipinski definition) is 2. The van der Waals surface area contributed by atoms with E-state index in [0.29, 0.717) is 12.5 Å². The average Bonchev–Trinajstić information content (AvgIpc) is 2.49. The van der Waals surface area contributed by atoms with Gasteiger partial charge in [-0.2, -0.15) is 0 Å². The summed E-state index contributed by atoms with van der Waals surface area (Å²) < 4.78 is 0. The van der Waals surface area contributed by atoms with Crippen LogP contribution in [0.3, 0.4) is 0 Å². The molecule has 2 aliphatic rings. The Morgan fingerprint density at radius 3 is 2.33 bits per heavy atom. The smallest absolute Gasteiger partial charge is 0.220 e. The summed E-state index contributed by atoms with van der Waals surface area (Å²) in [6, 6.07) is 0.407. The first kappa shape index (κ1) is 16.8. The maximum atomic E-state index is 11.9. The van der Waals surface area contributed by atoms with Crippen LogP contribution in [0.2, 0.25) is 0 Å². The lowest BCUT2D eigenvalue weighted by atomic mass is 9.84. The highest BCUT2D eigenvalue weighted by Gasteiger charge is 2.19. The summed E-state index contributed by atoms with van der Waals surface area (Å²) in [6.07, 6.45) is 10.2. The van der Waals surface area contributed by atoms with Crippen molar-refractivity contribution in [3.8, 4) is 0 Å². The monoisotopic (exact) mass is 295 g/mol. The maximum Gasteiger partial charge on any atom is 0.220 e. The van der Waals surface area contributed by atoms with E-state index in [4.69, 9.17) is 5.73 Å². The van der Waals surface area contributed by atoms with Gasteiger partial charge >= 0.3 is 0 Å². The van der Waals surface area contributed by atoms with E-state index in [0.717, 1.165) is 44.1 Å². The minimum Gasteiger partial charge on any atom is -0.356 e. The molecule has 3 N–H and O–H groups in total. The Kier molecular flexibility index (Phi) is 6.97. The second-order valence-electron chi connectivity index (χ2n) is 7.20. The van der Waals surface area contributed by atoms with Crippen molar-refractivity contribution in [3.05, 3.63) is 0 Å². The van der Waals surface area contributed by atoms with Crippen molar-refractivity contribution in [3.63, 3.8) is 0 Å². The Bertz CT molecular complexity index is 305. The minimum absolute atomic E-state index is 0.248. The van der Waals surface area contributed by atoms with Gasteiger partial charge in [-0.3, -0.25) is 4.79 Å². The molecule has 0 radical (unpaired) electrons. The van der Waals surface area contributed by atoms with Gasteiger partial charge in [0.2, 0.25) is 5.91 Å². The summed E-state index contributed by atoms with van der Waals surface area (Å²) in [7, 11) is 2.19. The first-order valence-corrected chi connectivity index (χ1v) is 8.84. The first-order chi connectivity index (χ1) is 10.1. The van der Waals surface area contributed by atoms with Crippen LogP contribution in [-0.2, 0) is 4.79 Å². The number of nitrogens with zero attached hydrogens (tertiary/aromatic N) is 1. The highest BCUT2D eigenvalue weighted by Crippen LogP contribution is 2.26. The van der Waals surface area contributed by atoms with Crippen LogP contribution in [0, 0.1) is 11.8 Å². The highest BCUT2D eigenvalue weighted by atomic mass is 16.1. The summed E-state index contributed by atoms with van der Waals surface area (Å²) in [6.45, 7) is 3.29. The number of amides is 1. The molecule has 21 heavy (non-hydrogen) atoms. The molecular weight excluding hydrogens is 262 g/mol. The van der Waals surface area contributed by atoms with Gasteiger partial charge in [0.15, 0.2) is 0 Å². The Morgan fingerprint density at radius 2 is 1.67 bits per heavy atom. The van der Waals surface area contributed by atoms with Gasteiger partial charge in [0.1, 0.15) is 0 Å². The van der Waals surface area contributed by atoms with E-state index < -0.39 is 0 Å². The number of likely N-dealkylation sites (tertiary alicyclic amines) is 1. The molecule has 2 fully saturated rings. The number of carbonyl (C=O) groups is 1. The molecule has 122 valence electrons. The lowest BCUT2D eigenvalue weighted by Crippen LogP contribution is -2.33. The summed E-state index contributed by atoms with van der Waals surface area (Å²) >= 11 is 0. The van der Waals surface area contributed by atoms with Crippen molar-refractivity contribution in [2.75, 3.05) is 26.7 Å². The normalized spacial score (nSPS) is 28.5. The molecule has 4 nitrogen and oxygen atoms in total. The second-order valence-corrected chi connectivity index (χ2v) is 7.20. The largest absolute Gasteiger partial charge is 0.356 e. The van der Waals surface area contributed by atoms with E-state index in [-0.39, 0.29) is 5.91 Å². The molecule has 1 amide bonds. The van der Waals surface area contributed by atoms with E-state index in [9.17, 15) is 4.79 Å². The molecule has 0 unspecified atom stereocenters. The Hall–Kier alpha value is -0.610. The van der Waals surface area contributed by atoms with Crippen LogP contribution < -0.4 is 11.1 Å². The fourth-order valence-electron chi connectivity index (χ4n) is 3.67. The van der Waals surface area contributed by atoms with Crippen LogP contribution in [0.5, 0.6) is 0 Å². The van der Waals surface area contributed by atoms with Gasteiger partial charge in [0, 0.05) is 19.0 Å². The highest BCUT2D eigenvalue weighted by molar-refractivity contribution is 5.75. The van der Waals surface area contributed by atoms with Crippen LogP contribution in [0.4, 0.5) is 0 Å². The van der Waals surface area contributed by atoms with E-state index in [1.807, 2.05) is 0 Å². The van der Waals surface area contributed by atoms with Crippen molar-refractivity contribution >= 4 is 5.91 Å². The van der Waals surface area contributed by atoms with Gasteiger partial charge < -0.3 is 16.0 Å². The molecule has 1 aliphatic heterocycles. The van der Waals surface area contributed by atoms with E-state index in [2.05, 4.69) is 17.3 Å². The van der Waals surface area contributed by atoms with E-state index >= 15 is 0 Å². The van der Waals surface area contributed by atoms with E-state index in [1.165, 1.54) is 38.8 Å². The summed E-state index contributed by atoms with van der Waals surface area (Å²) in [5.74, 6) is 1.78. The van der Waals surface area contributed by atoms with Crippen LogP contribution in [0.15, 0.2) is 0 Å². The third-order valence-electron chi connectivity index (χ3n) is 5.38. The molecule has 0 spiro atoms. The third kappa shape index (κ3) is 6.35. The van der Waals surface area contributed by atoms with Crippen LogP contribution in [-0.4, -0.2) is 43.5 Å². The standard InChI is InChI=1S/C17H33N3O/c1-20-12-9-15(10-13-20)8-11-19-17(21)7-4-14-2-5-16(18)6-3-14/h14-16H,2-13,18H2,1H3,(H,19,21). The average molecular weight is 295 g/mol. The maximum absolute atomic E-state index is 11.9. The lowest BCUT2D eigenvalue weighted by Gasteiger charge is -2.29. The summed E-state index contributed by atoms with van der Waals surface area (Å²) in [5, 5.41) is 3.11. The fourth-order valence-corrected chi connectivity index (χ4v) is 3.67. The number of piperidine rings is 1. The number of nitrogens with two attached hydrogens (primary N) is 1. The Balaban J connectivity index is 1.49. The van der Waals surface area contributed by atoms with Gasteiger partial charge in [-0.1, -0.05) is 0 Å². The van der Waals surface area contributed by atoms with Crippen molar-refractivity contribution < 1.29 is 4.79 Å². The molecule has 0 aromatic rings. The van der Waals surface area contributed by atoms with Crippen LogP contribution in [0.25, 0.3) is 0 Å². The fraction of sp³-hybridized carbons (Fsp3) is 0.941. The van der Waals surface area contributed by atoms with Crippen molar-refractivity contribution in [1.29, 1.82) is 0 Å². The molecular formula is C17H33N3O. The Labute approximate surface area is 129 Å². The zero-order valence-corrected chi connectivity index (χ0v) is 13.7. The lowest BCUT2D eigenvalue weighted by molar-refractivity contribution is -0.121. The second kappa shape index (κ2) is 8.74. The summed E-state index contributed by atoms with van der Waals surface area (Å²) in [4.78, 5) is 14.3. The zero-order chi connectivity index (χ0) is 15.1. The molecule has 0 atom stereocenters. The SMILES string of the molecule is CN1CCC(CCNC(=O)CCC2CCC(N)CC2)CC1. The van der Waals surface area contributed by atoms with Gasteiger partial charge in [0.25, 0.3) is 0 Å². The number of hydrogen-bond acceptors (Lipinski definition) is 3. The number of rotatable bonds is 6. The molecule has 2 rings (SSSR count). The molecule has 1 saturated carbocycles. The first-order valence-electron chi connectivity index (χ1n) is 8.84. The Morgan fingerprint density at radius 1 is 1.05 bits per heavy atom. The third-order valence-corrected chi connectivity index (χ3v) is 5.38. The molecule has 1 heterocycles. The van der Waals surface area contributed by atoms with Crippen molar-refractivity contribution in [2.24, 2.45) is 17.6 Å². The topological polar surface area (TPSA) is 58.4 Å². The number of nitrogens with one attached hydrogen (secondary N) is 1. The molecule has 1 saturated heterocycles. The molecule has 0 aromatic heterocycles. The van der Waals surface area contributed by atoms with Crippen molar-refractivity contribution in [1.82, 2.24) is 10.2 Å². The van der Waals surface area contributed by atoms with Crippen molar-refractivity contribution in [2.45, 2.75) is 63.8 Å². The summed E-state index contributed by atoms with van der Waals surface area (Å²) in [5.41, 5.74) is 5.92. The van der Waals surface area contributed by atoms with Gasteiger partial charge in [0.05, 0.1) is 0 Å². The predicted octanol–water partition coefficient (Wildman–Crippen LogP) is 2.13. The van der Waals surface area contributed by atoms with Crippen LogP contribution in [0.1, 0.15) is 57.8 Å². The minimum atomic E-state index is 0.248. The predicted molar refractivity (Wildman–Crippen MR) is 87.0 cm³/mol. The molecule has 0 aromatic carbocycles. The number of carbonyl (C=O) groups excluding carboxylic acids is 1. The van der Waals surface area contributed by atoms with Gasteiger partial charge in [-0.25, -0.2) is 0 Å². The van der Waals surface area contributed by atoms with Gasteiger partial charge in [-0.05, 0) is 83.3 Å². The molecule has 1 aliphatic carbocycles. The quantitative estimate of drug-likeness (QED) is 0.789. The zero-order valence-electron chi connectivity index (χ0n) is 13.7. The van der Waals surface area contributed by atoms with E-state index in [1.54, 1.807) is 0 Å².